The Kier molecular flexibility index (Phi) is 9.56. The first-order valence-corrected chi connectivity index (χ1v) is 13.8. The first-order valence-electron chi connectivity index (χ1n) is 13.0. The Morgan fingerprint density at radius 2 is 1.68 bits per heavy atom. The lowest BCUT2D eigenvalue weighted by Crippen LogP contribution is -2.43. The molecule has 0 spiro atoms. The second-order valence-electron chi connectivity index (χ2n) is 9.15. The number of hydrogen-bond acceptors (Lipinski definition) is 4. The Labute approximate surface area is 241 Å². The third-order valence-electron chi connectivity index (χ3n) is 6.53. The molecule has 0 aliphatic heterocycles. The molecule has 6 nitrogen and oxygen atoms in total. The van der Waals surface area contributed by atoms with E-state index in [0.29, 0.717) is 34.4 Å². The molecule has 1 amide bonds. The van der Waals surface area contributed by atoms with Crippen LogP contribution in [0.5, 0.6) is 11.5 Å². The van der Waals surface area contributed by atoms with Crippen molar-refractivity contribution < 1.29 is 23.8 Å². The van der Waals surface area contributed by atoms with E-state index >= 15 is 0 Å². The largest absolute Gasteiger partial charge is 0.480 e. The van der Waals surface area contributed by atoms with Gasteiger partial charge in [-0.2, -0.15) is 0 Å². The van der Waals surface area contributed by atoms with E-state index in [2.05, 4.69) is 21.2 Å². The van der Waals surface area contributed by atoms with Crippen molar-refractivity contribution in [3.05, 3.63) is 112 Å². The monoisotopic (exact) mass is 604 g/mol. The predicted octanol–water partition coefficient (Wildman–Crippen LogP) is 7.32. The summed E-state index contributed by atoms with van der Waals surface area (Å²) in [5.74, 6) is -1.48. The van der Waals surface area contributed by atoms with Gasteiger partial charge in [-0.25, -0.2) is 9.18 Å². The van der Waals surface area contributed by atoms with Gasteiger partial charge in [0, 0.05) is 35.7 Å². The summed E-state index contributed by atoms with van der Waals surface area (Å²) in [6.07, 6.45) is -0.0462. The summed E-state index contributed by atoms with van der Waals surface area (Å²) >= 11 is 3.42. The predicted molar refractivity (Wildman–Crippen MR) is 159 cm³/mol. The molecule has 8 heteroatoms. The minimum Gasteiger partial charge on any atom is -0.480 e. The highest BCUT2D eigenvalue weighted by molar-refractivity contribution is 9.10. The van der Waals surface area contributed by atoms with Gasteiger partial charge in [0.25, 0.3) is 5.91 Å². The number of carbonyl (C=O) groups excluding carboxylic acids is 1. The maximum Gasteiger partial charge on any atom is 0.326 e. The summed E-state index contributed by atoms with van der Waals surface area (Å²) in [6, 6.07) is 25.0. The Balaban J connectivity index is 1.67. The zero-order valence-electron chi connectivity index (χ0n) is 22.2. The number of carbonyl (C=O) groups is 2. The maximum absolute atomic E-state index is 13.9. The third kappa shape index (κ3) is 7.07. The molecule has 0 bridgehead atoms. The molecule has 2 N–H and O–H groups in total. The van der Waals surface area contributed by atoms with Gasteiger partial charge >= 0.3 is 5.97 Å². The number of carboxylic acids is 1. The topological polar surface area (TPSA) is 78.9 Å². The number of rotatable bonds is 11. The van der Waals surface area contributed by atoms with Gasteiger partial charge in [0.2, 0.25) is 0 Å². The molecule has 0 radical (unpaired) electrons. The van der Waals surface area contributed by atoms with E-state index in [-0.39, 0.29) is 12.2 Å². The number of halogens is 2. The fraction of sp³-hybridized carbons (Fsp3) is 0.188. The Bertz CT molecular complexity index is 1490. The molecule has 1 atom stereocenters. The molecular weight excluding hydrogens is 575 g/mol. The number of aliphatic carboxylic acids is 1. The van der Waals surface area contributed by atoms with E-state index in [1.165, 1.54) is 18.2 Å². The van der Waals surface area contributed by atoms with Crippen LogP contribution in [0.2, 0.25) is 0 Å². The van der Waals surface area contributed by atoms with E-state index < -0.39 is 23.7 Å². The zero-order valence-corrected chi connectivity index (χ0v) is 23.8. The fourth-order valence-corrected chi connectivity index (χ4v) is 4.83. The molecule has 4 aromatic rings. The number of carboxylic acid groups (broad SMARTS) is 1. The molecule has 206 valence electrons. The Hall–Kier alpha value is -4.17. The minimum atomic E-state index is -1.24. The SMILES string of the molecule is CCN(CC)c1ccc(Br)cc1C(=O)N[C@@H](Cc1ccc(-c2ccccc2)cc1Oc1cccc(F)c1)C(=O)O. The smallest absolute Gasteiger partial charge is 0.326 e. The molecule has 0 unspecified atom stereocenters. The number of nitrogens with zero attached hydrogens (tertiary/aromatic N) is 1. The maximum atomic E-state index is 13.9. The van der Waals surface area contributed by atoms with Crippen LogP contribution in [0.1, 0.15) is 29.8 Å². The van der Waals surface area contributed by atoms with Gasteiger partial charge in [0.05, 0.1) is 5.56 Å². The summed E-state index contributed by atoms with van der Waals surface area (Å²) in [6.45, 7) is 5.36. The van der Waals surface area contributed by atoms with Crippen molar-refractivity contribution in [2.45, 2.75) is 26.3 Å². The van der Waals surface area contributed by atoms with Gasteiger partial charge in [-0.05, 0) is 66.9 Å². The summed E-state index contributed by atoms with van der Waals surface area (Å²) in [7, 11) is 0. The van der Waals surface area contributed by atoms with Crippen molar-refractivity contribution >= 4 is 33.5 Å². The second kappa shape index (κ2) is 13.3. The summed E-state index contributed by atoms with van der Waals surface area (Å²) in [4.78, 5) is 27.8. The highest BCUT2D eigenvalue weighted by Crippen LogP contribution is 2.32. The van der Waals surface area contributed by atoms with Crippen LogP contribution in [0.3, 0.4) is 0 Å². The van der Waals surface area contributed by atoms with Gasteiger partial charge in [-0.1, -0.05) is 64.5 Å². The van der Waals surface area contributed by atoms with Crippen LogP contribution in [0, 0.1) is 5.82 Å². The summed E-state index contributed by atoms with van der Waals surface area (Å²) < 4.78 is 20.7. The molecule has 0 heterocycles. The van der Waals surface area contributed by atoms with E-state index in [4.69, 9.17) is 4.74 Å². The first-order chi connectivity index (χ1) is 19.3. The fourth-order valence-electron chi connectivity index (χ4n) is 4.47. The lowest BCUT2D eigenvalue weighted by Gasteiger charge is -2.25. The second-order valence-corrected chi connectivity index (χ2v) is 10.1. The van der Waals surface area contributed by atoms with Crippen molar-refractivity contribution in [3.8, 4) is 22.6 Å². The highest BCUT2D eigenvalue weighted by atomic mass is 79.9. The van der Waals surface area contributed by atoms with Gasteiger partial charge in [-0.15, -0.1) is 0 Å². The molecule has 4 aromatic carbocycles. The van der Waals surface area contributed by atoms with Crippen molar-refractivity contribution in [1.29, 1.82) is 0 Å². The molecule has 0 aromatic heterocycles. The molecule has 40 heavy (non-hydrogen) atoms. The summed E-state index contributed by atoms with van der Waals surface area (Å²) in [5, 5.41) is 12.8. The zero-order chi connectivity index (χ0) is 28.6. The Morgan fingerprint density at radius 3 is 2.35 bits per heavy atom. The third-order valence-corrected chi connectivity index (χ3v) is 7.03. The number of anilines is 1. The van der Waals surface area contributed by atoms with Crippen LogP contribution in [0.25, 0.3) is 11.1 Å². The molecule has 0 saturated heterocycles. The number of nitrogens with one attached hydrogen (secondary N) is 1. The number of amides is 1. The average molecular weight is 606 g/mol. The number of hydrogen-bond donors (Lipinski definition) is 2. The Morgan fingerprint density at radius 1 is 0.925 bits per heavy atom. The van der Waals surface area contributed by atoms with Crippen LogP contribution in [0.4, 0.5) is 10.1 Å². The molecule has 4 rings (SSSR count). The number of ether oxygens (including phenoxy) is 1. The van der Waals surface area contributed by atoms with Crippen LogP contribution in [-0.2, 0) is 11.2 Å². The van der Waals surface area contributed by atoms with Crippen molar-refractivity contribution in [3.63, 3.8) is 0 Å². The van der Waals surface area contributed by atoms with Crippen molar-refractivity contribution in [2.75, 3.05) is 18.0 Å². The van der Waals surface area contributed by atoms with E-state index in [1.54, 1.807) is 24.3 Å². The molecule has 0 aliphatic carbocycles. The van der Waals surface area contributed by atoms with Crippen LogP contribution in [-0.4, -0.2) is 36.1 Å². The normalized spacial score (nSPS) is 11.5. The van der Waals surface area contributed by atoms with Crippen molar-refractivity contribution in [1.82, 2.24) is 5.32 Å². The van der Waals surface area contributed by atoms with Gasteiger partial charge in [-0.3, -0.25) is 4.79 Å². The average Bonchev–Trinajstić information content (AvgIpc) is 2.95. The lowest BCUT2D eigenvalue weighted by atomic mass is 9.99. The van der Waals surface area contributed by atoms with E-state index in [1.807, 2.05) is 67.3 Å². The summed E-state index contributed by atoms with van der Waals surface area (Å²) in [5.41, 5.74) is 3.44. The van der Waals surface area contributed by atoms with Crippen LogP contribution < -0.4 is 15.0 Å². The van der Waals surface area contributed by atoms with Gasteiger partial charge in [0.15, 0.2) is 0 Å². The molecular formula is C32H30BrFN2O4. The molecule has 0 aliphatic rings. The minimum absolute atomic E-state index is 0.0462. The van der Waals surface area contributed by atoms with Crippen LogP contribution in [0.15, 0.2) is 95.5 Å². The molecule has 0 fully saturated rings. The number of benzene rings is 4. The van der Waals surface area contributed by atoms with Gasteiger partial charge < -0.3 is 20.1 Å². The van der Waals surface area contributed by atoms with E-state index in [0.717, 1.165) is 16.8 Å². The molecule has 0 saturated carbocycles. The van der Waals surface area contributed by atoms with Crippen molar-refractivity contribution in [2.24, 2.45) is 0 Å². The van der Waals surface area contributed by atoms with Gasteiger partial charge in [0.1, 0.15) is 23.4 Å². The van der Waals surface area contributed by atoms with Crippen LogP contribution >= 0.6 is 15.9 Å². The first kappa shape index (κ1) is 28.8. The standard InChI is InChI=1S/C32H30BrFN2O4/c1-3-36(4-2)29-16-15-24(33)19-27(29)31(37)35-28(32(38)39)17-23-14-13-22(21-9-6-5-7-10-21)18-30(23)40-26-12-8-11-25(34)20-26/h5-16,18-20,28H,3-4,17H2,1-2H3,(H,35,37)(H,38,39)/t28-/m0/s1. The van der Waals surface area contributed by atoms with E-state index in [9.17, 15) is 19.1 Å². The quantitative estimate of drug-likeness (QED) is 0.187. The lowest BCUT2D eigenvalue weighted by molar-refractivity contribution is -0.139. The highest BCUT2D eigenvalue weighted by Gasteiger charge is 2.25.